The number of unbranched alkanes of at least 4 members (excludes halogenated alkanes) is 11. The normalized spacial score (nSPS) is 12.6. The molecule has 0 aromatic heterocycles. The van der Waals surface area contributed by atoms with Gasteiger partial charge in [-0.1, -0.05) is 119 Å². The van der Waals surface area contributed by atoms with Gasteiger partial charge in [0.1, 0.15) is 0 Å². The van der Waals surface area contributed by atoms with Crippen molar-refractivity contribution in [2.24, 2.45) is 17.8 Å². The minimum Gasteiger partial charge on any atom is -0.417 e. The van der Waals surface area contributed by atoms with Crippen molar-refractivity contribution in [3.05, 3.63) is 0 Å². The molecule has 0 unspecified atom stereocenters. The third-order valence-electron chi connectivity index (χ3n) is 5.75. The third kappa shape index (κ3) is 17.1. The Hall–Kier alpha value is 0.177. The molecule has 0 aromatic carbocycles. The molecule has 0 rings (SSSR count). The maximum atomic E-state index is 6.79. The first-order valence-corrected chi connectivity index (χ1v) is 15.5. The summed E-state index contributed by atoms with van der Waals surface area (Å²) in [6.45, 7) is 17.6. The van der Waals surface area contributed by atoms with Crippen LogP contribution >= 0.6 is 0 Å². The molecule has 170 valence electrons. The molecule has 0 bridgehead atoms. The van der Waals surface area contributed by atoms with Gasteiger partial charge in [-0.05, 0) is 42.3 Å². The fourth-order valence-electron chi connectivity index (χ4n) is 4.89. The zero-order valence-electron chi connectivity index (χ0n) is 21.0. The highest BCUT2D eigenvalue weighted by Gasteiger charge is 2.36. The Morgan fingerprint density at radius 2 is 0.821 bits per heavy atom. The maximum Gasteiger partial charge on any atom is 0.193 e. The topological polar surface area (TPSA) is 9.23 Å². The van der Waals surface area contributed by atoms with E-state index in [0.29, 0.717) is 0 Å². The van der Waals surface area contributed by atoms with E-state index in [1.54, 1.807) is 0 Å². The van der Waals surface area contributed by atoms with Crippen molar-refractivity contribution in [3.8, 4) is 0 Å². The first-order chi connectivity index (χ1) is 13.3. The van der Waals surface area contributed by atoms with Crippen LogP contribution in [0.15, 0.2) is 0 Å². The highest BCUT2D eigenvalue weighted by Crippen LogP contribution is 2.33. The van der Waals surface area contributed by atoms with Crippen molar-refractivity contribution >= 4 is 8.32 Å². The smallest absolute Gasteiger partial charge is 0.193 e. The van der Waals surface area contributed by atoms with Crippen LogP contribution < -0.4 is 0 Å². The second kappa shape index (κ2) is 18.0. The monoisotopic (exact) mass is 412 g/mol. The molecule has 1 nitrogen and oxygen atoms in total. The molecule has 0 aliphatic carbocycles. The average Bonchev–Trinajstić information content (AvgIpc) is 2.57. The Labute approximate surface area is 180 Å². The Morgan fingerprint density at radius 1 is 0.500 bits per heavy atom. The van der Waals surface area contributed by atoms with Crippen molar-refractivity contribution in [3.63, 3.8) is 0 Å². The molecule has 0 aromatic rings. The maximum absolute atomic E-state index is 6.79. The average molecular weight is 413 g/mol. The van der Waals surface area contributed by atoms with Gasteiger partial charge < -0.3 is 4.43 Å². The van der Waals surface area contributed by atoms with Crippen LogP contribution in [-0.4, -0.2) is 14.9 Å². The molecule has 0 amide bonds. The zero-order valence-corrected chi connectivity index (χ0v) is 22.0. The summed E-state index contributed by atoms with van der Waals surface area (Å²) in [6.07, 6.45) is 17.0. The van der Waals surface area contributed by atoms with Gasteiger partial charge in [0.05, 0.1) is 0 Å². The molecule has 0 saturated heterocycles. The molecule has 0 aliphatic heterocycles. The van der Waals surface area contributed by atoms with Crippen LogP contribution in [0.5, 0.6) is 0 Å². The lowest BCUT2D eigenvalue weighted by Crippen LogP contribution is -2.42. The number of hydrogen-bond acceptors (Lipinski definition) is 1. The fourth-order valence-corrected chi connectivity index (χ4v) is 10.8. The van der Waals surface area contributed by atoms with Crippen molar-refractivity contribution in [1.29, 1.82) is 0 Å². The van der Waals surface area contributed by atoms with Crippen LogP contribution in [0.25, 0.3) is 0 Å². The molecule has 0 radical (unpaired) electrons. The van der Waals surface area contributed by atoms with Crippen LogP contribution in [0.3, 0.4) is 0 Å². The summed E-state index contributed by atoms with van der Waals surface area (Å²) in [5.41, 5.74) is 0. The molecule has 28 heavy (non-hydrogen) atoms. The van der Waals surface area contributed by atoms with Gasteiger partial charge in [-0.3, -0.25) is 0 Å². The number of hydrogen-bond donors (Lipinski definition) is 0. The molecule has 0 N–H and O–H groups in total. The summed E-state index contributed by atoms with van der Waals surface area (Å²) in [5, 5.41) is 0. The molecule has 0 heterocycles. The summed E-state index contributed by atoms with van der Waals surface area (Å²) in [7, 11) is -1.58. The molecular weight excluding hydrogens is 356 g/mol. The standard InChI is InChI=1S/C26H56OSi/c1-8-9-10-11-12-13-14-15-16-17-18-19-20-27-28(21-24(2)3,22-25(4)5)23-26(6)7/h24-26H,8-23H2,1-7H3. The largest absolute Gasteiger partial charge is 0.417 e. The van der Waals surface area contributed by atoms with Crippen molar-refractivity contribution in [2.75, 3.05) is 6.61 Å². The lowest BCUT2D eigenvalue weighted by atomic mass is 10.1. The molecule has 0 fully saturated rings. The van der Waals surface area contributed by atoms with Crippen LogP contribution in [0.2, 0.25) is 18.1 Å². The van der Waals surface area contributed by atoms with Gasteiger partial charge in [0.15, 0.2) is 8.32 Å². The summed E-state index contributed by atoms with van der Waals surface area (Å²) in [4.78, 5) is 0. The van der Waals surface area contributed by atoms with E-state index in [-0.39, 0.29) is 0 Å². The van der Waals surface area contributed by atoms with Crippen LogP contribution in [0.1, 0.15) is 126 Å². The van der Waals surface area contributed by atoms with Crippen LogP contribution in [0, 0.1) is 17.8 Å². The molecule has 0 atom stereocenters. The Morgan fingerprint density at radius 3 is 1.14 bits per heavy atom. The lowest BCUT2D eigenvalue weighted by molar-refractivity contribution is 0.273. The Bertz CT molecular complexity index is 298. The summed E-state index contributed by atoms with van der Waals surface area (Å²) in [5.74, 6) is 2.31. The van der Waals surface area contributed by atoms with E-state index < -0.39 is 8.32 Å². The quantitative estimate of drug-likeness (QED) is 0.143. The molecule has 0 spiro atoms. The Kier molecular flexibility index (Phi) is 18.1. The van der Waals surface area contributed by atoms with E-state index in [0.717, 1.165) is 24.4 Å². The Balaban J connectivity index is 3.94. The van der Waals surface area contributed by atoms with E-state index in [4.69, 9.17) is 4.43 Å². The summed E-state index contributed by atoms with van der Waals surface area (Å²) >= 11 is 0. The van der Waals surface area contributed by atoms with Crippen LogP contribution in [-0.2, 0) is 4.43 Å². The van der Waals surface area contributed by atoms with Gasteiger partial charge in [-0.15, -0.1) is 0 Å². The lowest BCUT2D eigenvalue weighted by Gasteiger charge is -2.36. The minimum absolute atomic E-state index is 0.770. The summed E-state index contributed by atoms with van der Waals surface area (Å²) in [6, 6.07) is 4.05. The second-order valence-electron chi connectivity index (χ2n) is 10.7. The minimum atomic E-state index is -1.58. The predicted molar refractivity (Wildman–Crippen MR) is 132 cm³/mol. The van der Waals surface area contributed by atoms with E-state index in [2.05, 4.69) is 48.5 Å². The van der Waals surface area contributed by atoms with E-state index >= 15 is 0 Å². The van der Waals surface area contributed by atoms with Gasteiger partial charge in [0, 0.05) is 6.61 Å². The third-order valence-corrected chi connectivity index (χ3v) is 11.2. The van der Waals surface area contributed by atoms with E-state index in [1.165, 1.54) is 95.2 Å². The van der Waals surface area contributed by atoms with Gasteiger partial charge in [0.25, 0.3) is 0 Å². The second-order valence-corrected chi connectivity index (χ2v) is 14.6. The molecule has 2 heteroatoms. The molecule has 0 saturated carbocycles. The predicted octanol–water partition coefficient (Wildman–Crippen LogP) is 9.62. The molecule has 0 aliphatic rings. The van der Waals surface area contributed by atoms with Gasteiger partial charge in [-0.2, -0.15) is 0 Å². The number of rotatable bonds is 20. The highest BCUT2D eigenvalue weighted by atomic mass is 28.4. The SMILES string of the molecule is CCCCCCCCCCCCCCO[Si](CC(C)C)(CC(C)C)CC(C)C. The van der Waals surface area contributed by atoms with Gasteiger partial charge in [0.2, 0.25) is 0 Å². The highest BCUT2D eigenvalue weighted by molar-refractivity contribution is 6.74. The van der Waals surface area contributed by atoms with Crippen molar-refractivity contribution in [1.82, 2.24) is 0 Å². The van der Waals surface area contributed by atoms with Crippen molar-refractivity contribution < 1.29 is 4.43 Å². The van der Waals surface area contributed by atoms with E-state index in [1.807, 2.05) is 0 Å². The van der Waals surface area contributed by atoms with E-state index in [9.17, 15) is 0 Å². The van der Waals surface area contributed by atoms with Crippen molar-refractivity contribution in [2.45, 2.75) is 144 Å². The zero-order chi connectivity index (χ0) is 21.3. The first kappa shape index (κ1) is 28.2. The summed E-state index contributed by atoms with van der Waals surface area (Å²) < 4.78 is 6.79. The fraction of sp³-hybridized carbons (Fsp3) is 1.00. The molecular formula is C26H56OSi. The van der Waals surface area contributed by atoms with Crippen LogP contribution in [0.4, 0.5) is 0 Å². The van der Waals surface area contributed by atoms with Gasteiger partial charge >= 0.3 is 0 Å². The first-order valence-electron chi connectivity index (χ1n) is 12.9. The van der Waals surface area contributed by atoms with Gasteiger partial charge in [-0.25, -0.2) is 0 Å².